The van der Waals surface area contributed by atoms with Crippen LogP contribution >= 0.6 is 15.9 Å². The van der Waals surface area contributed by atoms with E-state index in [2.05, 4.69) is 31.2 Å². The molecule has 0 unspecified atom stereocenters. The number of halogens is 1. The van der Waals surface area contributed by atoms with Gasteiger partial charge >= 0.3 is 6.01 Å². The van der Waals surface area contributed by atoms with Crippen molar-refractivity contribution in [1.29, 1.82) is 0 Å². The SMILES string of the molecule is Cc1cc(Oc2ncccn2)ccc1NC(=O)c1ccccc1OCc1ccccc1Br. The van der Waals surface area contributed by atoms with Crippen LogP contribution < -0.4 is 14.8 Å². The fourth-order valence-electron chi connectivity index (χ4n) is 3.02. The van der Waals surface area contributed by atoms with Crippen LogP contribution in [0.5, 0.6) is 17.5 Å². The van der Waals surface area contributed by atoms with Crippen molar-refractivity contribution in [3.05, 3.63) is 106 Å². The molecule has 1 N–H and O–H groups in total. The first-order valence-corrected chi connectivity index (χ1v) is 10.7. The van der Waals surface area contributed by atoms with Gasteiger partial charge in [-0.1, -0.05) is 46.3 Å². The molecule has 0 saturated carbocycles. The van der Waals surface area contributed by atoms with E-state index in [1.807, 2.05) is 49.4 Å². The molecule has 0 atom stereocenters. The van der Waals surface area contributed by atoms with Gasteiger partial charge in [0.05, 0.1) is 5.56 Å². The Balaban J connectivity index is 1.46. The van der Waals surface area contributed by atoms with Gasteiger partial charge in [0, 0.05) is 28.1 Å². The largest absolute Gasteiger partial charge is 0.488 e. The van der Waals surface area contributed by atoms with Crippen LogP contribution in [0.15, 0.2) is 89.7 Å². The lowest BCUT2D eigenvalue weighted by molar-refractivity contribution is 0.102. The number of benzene rings is 3. The monoisotopic (exact) mass is 489 g/mol. The Morgan fingerprint density at radius 3 is 2.50 bits per heavy atom. The number of aromatic nitrogens is 2. The standard InChI is InChI=1S/C25H20BrN3O3/c1-17-15-19(32-25-27-13-6-14-28-25)11-12-22(17)29-24(30)20-8-3-5-10-23(20)31-16-18-7-2-4-9-21(18)26/h2-15H,16H2,1H3,(H,29,30). The lowest BCUT2D eigenvalue weighted by Crippen LogP contribution is -2.14. The van der Waals surface area contributed by atoms with Crippen molar-refractivity contribution < 1.29 is 14.3 Å². The first-order chi connectivity index (χ1) is 15.6. The molecule has 0 bridgehead atoms. The number of rotatable bonds is 7. The molecule has 0 aliphatic heterocycles. The molecular weight excluding hydrogens is 470 g/mol. The molecule has 0 radical (unpaired) electrons. The molecule has 0 saturated heterocycles. The third-order valence-corrected chi connectivity index (χ3v) is 5.44. The first-order valence-electron chi connectivity index (χ1n) is 9.92. The van der Waals surface area contributed by atoms with E-state index in [9.17, 15) is 4.79 Å². The van der Waals surface area contributed by atoms with Crippen LogP contribution in [0.2, 0.25) is 0 Å². The summed E-state index contributed by atoms with van der Waals surface area (Å²) >= 11 is 3.52. The highest BCUT2D eigenvalue weighted by molar-refractivity contribution is 9.10. The van der Waals surface area contributed by atoms with E-state index in [1.165, 1.54) is 0 Å². The van der Waals surface area contributed by atoms with Gasteiger partial charge in [-0.05, 0) is 55.0 Å². The van der Waals surface area contributed by atoms with E-state index in [4.69, 9.17) is 9.47 Å². The number of nitrogens with zero attached hydrogens (tertiary/aromatic N) is 2. The summed E-state index contributed by atoms with van der Waals surface area (Å²) in [6, 6.07) is 22.3. The molecule has 1 aromatic heterocycles. The number of anilines is 1. The Hall–Kier alpha value is -3.71. The van der Waals surface area contributed by atoms with Gasteiger partial charge in [0.25, 0.3) is 5.91 Å². The maximum absolute atomic E-state index is 13.0. The summed E-state index contributed by atoms with van der Waals surface area (Å²) in [5.74, 6) is 0.847. The summed E-state index contributed by atoms with van der Waals surface area (Å²) in [6.07, 6.45) is 3.22. The fraction of sp³-hybridized carbons (Fsp3) is 0.0800. The Kier molecular flexibility index (Phi) is 6.77. The maximum atomic E-state index is 13.0. The second-order valence-electron chi connectivity index (χ2n) is 6.94. The van der Waals surface area contributed by atoms with Gasteiger partial charge in [-0.2, -0.15) is 0 Å². The quantitative estimate of drug-likeness (QED) is 0.335. The van der Waals surface area contributed by atoms with Crippen LogP contribution in [-0.4, -0.2) is 15.9 Å². The third-order valence-electron chi connectivity index (χ3n) is 4.67. The van der Waals surface area contributed by atoms with Crippen LogP contribution in [0.1, 0.15) is 21.5 Å². The van der Waals surface area contributed by atoms with Gasteiger partial charge in [-0.25, -0.2) is 9.97 Å². The number of ether oxygens (including phenoxy) is 2. The average molecular weight is 490 g/mol. The fourth-order valence-corrected chi connectivity index (χ4v) is 3.42. The molecule has 32 heavy (non-hydrogen) atoms. The normalized spacial score (nSPS) is 10.4. The average Bonchev–Trinajstić information content (AvgIpc) is 2.81. The zero-order valence-electron chi connectivity index (χ0n) is 17.3. The molecule has 4 rings (SSSR count). The predicted molar refractivity (Wildman–Crippen MR) is 126 cm³/mol. The van der Waals surface area contributed by atoms with Gasteiger partial charge in [-0.3, -0.25) is 4.79 Å². The zero-order valence-corrected chi connectivity index (χ0v) is 18.9. The van der Waals surface area contributed by atoms with Crippen molar-refractivity contribution in [1.82, 2.24) is 9.97 Å². The minimum absolute atomic E-state index is 0.254. The Morgan fingerprint density at radius 1 is 0.969 bits per heavy atom. The zero-order chi connectivity index (χ0) is 22.3. The second-order valence-corrected chi connectivity index (χ2v) is 7.79. The van der Waals surface area contributed by atoms with E-state index >= 15 is 0 Å². The number of hydrogen-bond acceptors (Lipinski definition) is 5. The van der Waals surface area contributed by atoms with Gasteiger partial charge in [0.15, 0.2) is 0 Å². The van der Waals surface area contributed by atoms with E-state index < -0.39 is 0 Å². The van der Waals surface area contributed by atoms with E-state index in [-0.39, 0.29) is 11.9 Å². The maximum Gasteiger partial charge on any atom is 0.321 e. The topological polar surface area (TPSA) is 73.3 Å². The van der Waals surface area contributed by atoms with Gasteiger partial charge in [0.1, 0.15) is 18.1 Å². The minimum Gasteiger partial charge on any atom is -0.488 e. The van der Waals surface area contributed by atoms with Crippen molar-refractivity contribution in [3.8, 4) is 17.5 Å². The summed E-state index contributed by atoms with van der Waals surface area (Å²) in [6.45, 7) is 2.24. The minimum atomic E-state index is -0.254. The number of carbonyl (C=O) groups excluding carboxylic acids is 1. The van der Waals surface area contributed by atoms with E-state index in [1.54, 1.807) is 42.7 Å². The highest BCUT2D eigenvalue weighted by atomic mass is 79.9. The van der Waals surface area contributed by atoms with Gasteiger partial charge in [0.2, 0.25) is 0 Å². The molecule has 0 spiro atoms. The molecule has 0 aliphatic rings. The van der Waals surface area contributed by atoms with Crippen LogP contribution in [0, 0.1) is 6.92 Å². The molecule has 0 aliphatic carbocycles. The molecule has 3 aromatic carbocycles. The van der Waals surface area contributed by atoms with Crippen molar-refractivity contribution in [2.45, 2.75) is 13.5 Å². The van der Waals surface area contributed by atoms with Crippen LogP contribution in [0.4, 0.5) is 5.69 Å². The summed E-state index contributed by atoms with van der Waals surface area (Å²) in [7, 11) is 0. The van der Waals surface area contributed by atoms with Crippen molar-refractivity contribution in [2.24, 2.45) is 0 Å². The molecule has 7 heteroatoms. The molecule has 160 valence electrons. The first kappa shape index (κ1) is 21.5. The molecule has 0 fully saturated rings. The number of para-hydroxylation sites is 1. The summed E-state index contributed by atoms with van der Waals surface area (Å²) in [5.41, 5.74) is 2.98. The lowest BCUT2D eigenvalue weighted by atomic mass is 10.1. The lowest BCUT2D eigenvalue weighted by Gasteiger charge is -2.14. The number of aryl methyl sites for hydroxylation is 1. The number of amides is 1. The van der Waals surface area contributed by atoms with Gasteiger partial charge in [-0.15, -0.1) is 0 Å². The Morgan fingerprint density at radius 2 is 1.72 bits per heavy atom. The van der Waals surface area contributed by atoms with Crippen molar-refractivity contribution in [3.63, 3.8) is 0 Å². The van der Waals surface area contributed by atoms with Crippen LogP contribution in [0.25, 0.3) is 0 Å². The van der Waals surface area contributed by atoms with Crippen molar-refractivity contribution >= 4 is 27.5 Å². The molecule has 4 aromatic rings. The molecule has 1 amide bonds. The summed E-state index contributed by atoms with van der Waals surface area (Å²) < 4.78 is 12.6. The number of hydrogen-bond donors (Lipinski definition) is 1. The van der Waals surface area contributed by atoms with E-state index in [0.717, 1.165) is 15.6 Å². The smallest absolute Gasteiger partial charge is 0.321 e. The Bertz CT molecular complexity index is 1230. The predicted octanol–water partition coefficient (Wildman–Crippen LogP) is 6.17. The molecule has 1 heterocycles. The second kappa shape index (κ2) is 10.1. The number of carbonyl (C=O) groups is 1. The van der Waals surface area contributed by atoms with Crippen LogP contribution in [-0.2, 0) is 6.61 Å². The highest BCUT2D eigenvalue weighted by Gasteiger charge is 2.14. The summed E-state index contributed by atoms with van der Waals surface area (Å²) in [5, 5.41) is 2.95. The highest BCUT2D eigenvalue weighted by Crippen LogP contribution is 2.27. The third kappa shape index (κ3) is 5.31. The number of nitrogens with one attached hydrogen (secondary N) is 1. The molecular formula is C25H20BrN3O3. The van der Waals surface area contributed by atoms with Crippen molar-refractivity contribution in [2.75, 3.05) is 5.32 Å². The van der Waals surface area contributed by atoms with Gasteiger partial charge < -0.3 is 14.8 Å². The Labute approximate surface area is 194 Å². The van der Waals surface area contributed by atoms with E-state index in [0.29, 0.717) is 29.4 Å². The van der Waals surface area contributed by atoms with Crippen LogP contribution in [0.3, 0.4) is 0 Å². The molecule has 6 nitrogen and oxygen atoms in total. The summed E-state index contributed by atoms with van der Waals surface area (Å²) in [4.78, 5) is 21.1.